The minimum atomic E-state index is -4.02. The molecule has 0 radical (unpaired) electrons. The SMILES string of the molecule is CC(NC(=O)c1ccc(NS(=O)(=O)c2cccc([N+](=O)[O-])c2)cc1)c1ccncc1. The quantitative estimate of drug-likeness (QED) is 0.440. The van der Waals surface area contributed by atoms with Crippen molar-refractivity contribution < 1.29 is 18.1 Å². The smallest absolute Gasteiger partial charge is 0.270 e. The van der Waals surface area contributed by atoms with Gasteiger partial charge in [-0.05, 0) is 55.0 Å². The summed E-state index contributed by atoms with van der Waals surface area (Å²) >= 11 is 0. The molecule has 0 spiro atoms. The van der Waals surface area contributed by atoms with Crippen LogP contribution in [0.1, 0.15) is 28.9 Å². The zero-order valence-electron chi connectivity index (χ0n) is 15.8. The van der Waals surface area contributed by atoms with Crippen LogP contribution in [0.5, 0.6) is 0 Å². The van der Waals surface area contributed by atoms with Crippen molar-refractivity contribution in [2.45, 2.75) is 17.9 Å². The van der Waals surface area contributed by atoms with E-state index in [4.69, 9.17) is 0 Å². The number of aromatic nitrogens is 1. The average molecular weight is 426 g/mol. The maximum atomic E-state index is 12.5. The minimum Gasteiger partial charge on any atom is -0.346 e. The fraction of sp³-hybridized carbons (Fsp3) is 0.100. The topological polar surface area (TPSA) is 131 Å². The maximum Gasteiger partial charge on any atom is 0.270 e. The van der Waals surface area contributed by atoms with Gasteiger partial charge >= 0.3 is 0 Å². The van der Waals surface area contributed by atoms with Crippen LogP contribution in [0.2, 0.25) is 0 Å². The molecule has 0 aliphatic rings. The Balaban J connectivity index is 1.70. The van der Waals surface area contributed by atoms with Crippen molar-refractivity contribution in [1.29, 1.82) is 0 Å². The van der Waals surface area contributed by atoms with Gasteiger partial charge in [-0.2, -0.15) is 0 Å². The Morgan fingerprint density at radius 2 is 1.73 bits per heavy atom. The second-order valence-electron chi connectivity index (χ2n) is 6.41. The Morgan fingerprint density at radius 1 is 1.07 bits per heavy atom. The zero-order chi connectivity index (χ0) is 21.7. The van der Waals surface area contributed by atoms with Crippen LogP contribution in [0.4, 0.5) is 11.4 Å². The number of rotatable bonds is 7. The monoisotopic (exact) mass is 426 g/mol. The molecule has 30 heavy (non-hydrogen) atoms. The van der Waals surface area contributed by atoms with Gasteiger partial charge in [-0.15, -0.1) is 0 Å². The molecule has 3 rings (SSSR count). The molecule has 0 saturated heterocycles. The first kappa shape index (κ1) is 20.9. The van der Waals surface area contributed by atoms with Crippen molar-refractivity contribution in [2.24, 2.45) is 0 Å². The first-order chi connectivity index (χ1) is 14.3. The molecule has 1 aromatic heterocycles. The van der Waals surface area contributed by atoms with Crippen molar-refractivity contribution >= 4 is 27.3 Å². The molecule has 1 heterocycles. The standard InChI is InChI=1S/C20H18N4O5S/c1-14(15-9-11-21-12-10-15)22-20(25)16-5-7-17(8-6-16)23-30(28,29)19-4-2-3-18(13-19)24(26)27/h2-14,23H,1H3,(H,22,25). The van der Waals surface area contributed by atoms with E-state index in [1.54, 1.807) is 24.5 Å². The summed E-state index contributed by atoms with van der Waals surface area (Å²) in [5, 5.41) is 13.7. The van der Waals surface area contributed by atoms with E-state index >= 15 is 0 Å². The number of carbonyl (C=O) groups excluding carboxylic acids is 1. The Hall–Kier alpha value is -3.79. The van der Waals surface area contributed by atoms with E-state index in [0.29, 0.717) is 5.56 Å². The number of hydrogen-bond donors (Lipinski definition) is 2. The molecular weight excluding hydrogens is 408 g/mol. The van der Waals surface area contributed by atoms with E-state index in [1.165, 1.54) is 42.5 Å². The number of hydrogen-bond acceptors (Lipinski definition) is 6. The average Bonchev–Trinajstić information content (AvgIpc) is 2.74. The Kier molecular flexibility index (Phi) is 6.07. The van der Waals surface area contributed by atoms with Crippen molar-refractivity contribution in [3.8, 4) is 0 Å². The van der Waals surface area contributed by atoms with E-state index in [0.717, 1.165) is 11.6 Å². The summed E-state index contributed by atoms with van der Waals surface area (Å²) < 4.78 is 27.3. The first-order valence-corrected chi connectivity index (χ1v) is 10.3. The molecule has 1 unspecified atom stereocenters. The summed E-state index contributed by atoms with van der Waals surface area (Å²) in [6, 6.07) is 14.0. The van der Waals surface area contributed by atoms with Gasteiger partial charge in [-0.25, -0.2) is 8.42 Å². The second kappa shape index (κ2) is 8.70. The van der Waals surface area contributed by atoms with Crippen molar-refractivity contribution in [3.05, 3.63) is 94.3 Å². The molecule has 10 heteroatoms. The van der Waals surface area contributed by atoms with Crippen LogP contribution >= 0.6 is 0 Å². The second-order valence-corrected chi connectivity index (χ2v) is 8.10. The minimum absolute atomic E-state index is 0.222. The van der Waals surface area contributed by atoms with Gasteiger partial charge < -0.3 is 5.32 Å². The van der Waals surface area contributed by atoms with Gasteiger partial charge in [0.25, 0.3) is 21.6 Å². The molecule has 0 fully saturated rings. The normalized spacial score (nSPS) is 12.0. The highest BCUT2D eigenvalue weighted by Crippen LogP contribution is 2.21. The van der Waals surface area contributed by atoms with Crippen LogP contribution in [-0.2, 0) is 10.0 Å². The summed E-state index contributed by atoms with van der Waals surface area (Å²) in [6.45, 7) is 1.84. The summed E-state index contributed by atoms with van der Waals surface area (Å²) in [5.74, 6) is -0.313. The van der Waals surface area contributed by atoms with Crippen molar-refractivity contribution in [3.63, 3.8) is 0 Å². The number of carbonyl (C=O) groups is 1. The summed E-state index contributed by atoms with van der Waals surface area (Å²) in [4.78, 5) is 26.3. The molecular formula is C20H18N4O5S. The molecule has 0 aliphatic carbocycles. The van der Waals surface area contributed by atoms with Gasteiger partial charge in [0, 0.05) is 35.8 Å². The predicted octanol–water partition coefficient (Wildman–Crippen LogP) is 3.28. The number of amides is 1. The Labute approximate surface area is 173 Å². The Bertz CT molecular complexity index is 1170. The lowest BCUT2D eigenvalue weighted by Gasteiger charge is -2.14. The lowest BCUT2D eigenvalue weighted by atomic mass is 10.1. The lowest BCUT2D eigenvalue weighted by Crippen LogP contribution is -2.26. The molecule has 1 amide bonds. The number of pyridine rings is 1. The zero-order valence-corrected chi connectivity index (χ0v) is 16.7. The van der Waals surface area contributed by atoms with Crippen LogP contribution < -0.4 is 10.0 Å². The molecule has 2 aromatic carbocycles. The maximum absolute atomic E-state index is 12.5. The number of benzene rings is 2. The van der Waals surface area contributed by atoms with E-state index in [1.807, 2.05) is 6.92 Å². The van der Waals surface area contributed by atoms with Crippen LogP contribution in [0, 0.1) is 10.1 Å². The van der Waals surface area contributed by atoms with Crippen LogP contribution in [0.15, 0.2) is 78.0 Å². The molecule has 0 bridgehead atoms. The van der Waals surface area contributed by atoms with Gasteiger partial charge in [0.15, 0.2) is 0 Å². The van der Waals surface area contributed by atoms with Gasteiger partial charge in [-0.3, -0.25) is 24.6 Å². The number of nitro benzene ring substituents is 1. The van der Waals surface area contributed by atoms with E-state index in [-0.39, 0.29) is 28.2 Å². The number of nitrogens with one attached hydrogen (secondary N) is 2. The number of sulfonamides is 1. The van der Waals surface area contributed by atoms with E-state index in [9.17, 15) is 23.3 Å². The van der Waals surface area contributed by atoms with Crippen molar-refractivity contribution in [1.82, 2.24) is 10.3 Å². The molecule has 0 aliphatic heterocycles. The number of anilines is 1. The highest BCUT2D eigenvalue weighted by Gasteiger charge is 2.18. The van der Waals surface area contributed by atoms with Gasteiger partial charge in [0.1, 0.15) is 0 Å². The number of nitrogens with zero attached hydrogens (tertiary/aromatic N) is 2. The molecule has 1 atom stereocenters. The lowest BCUT2D eigenvalue weighted by molar-refractivity contribution is -0.385. The largest absolute Gasteiger partial charge is 0.346 e. The van der Waals surface area contributed by atoms with Gasteiger partial charge in [-0.1, -0.05) is 6.07 Å². The fourth-order valence-corrected chi connectivity index (χ4v) is 3.78. The summed E-state index contributed by atoms with van der Waals surface area (Å²) in [6.07, 6.45) is 3.28. The third-order valence-corrected chi connectivity index (χ3v) is 5.67. The highest BCUT2D eigenvalue weighted by molar-refractivity contribution is 7.92. The first-order valence-electron chi connectivity index (χ1n) is 8.84. The number of nitro groups is 1. The molecule has 154 valence electrons. The molecule has 9 nitrogen and oxygen atoms in total. The van der Waals surface area contributed by atoms with Gasteiger partial charge in [0.05, 0.1) is 15.9 Å². The van der Waals surface area contributed by atoms with E-state index < -0.39 is 14.9 Å². The van der Waals surface area contributed by atoms with Crippen LogP contribution in [0.3, 0.4) is 0 Å². The van der Waals surface area contributed by atoms with Crippen LogP contribution in [-0.4, -0.2) is 24.2 Å². The van der Waals surface area contributed by atoms with Crippen LogP contribution in [0.25, 0.3) is 0 Å². The molecule has 3 aromatic rings. The summed E-state index contributed by atoms with van der Waals surface area (Å²) in [5.41, 5.74) is 1.15. The third-order valence-electron chi connectivity index (χ3n) is 4.29. The highest BCUT2D eigenvalue weighted by atomic mass is 32.2. The number of non-ortho nitro benzene ring substituents is 1. The Morgan fingerprint density at radius 3 is 2.37 bits per heavy atom. The summed E-state index contributed by atoms with van der Waals surface area (Å²) in [7, 11) is -4.02. The van der Waals surface area contributed by atoms with Crippen molar-refractivity contribution in [2.75, 3.05) is 4.72 Å². The third kappa shape index (κ3) is 4.97. The molecule has 0 saturated carbocycles. The van der Waals surface area contributed by atoms with Gasteiger partial charge in [0.2, 0.25) is 0 Å². The fourth-order valence-electron chi connectivity index (χ4n) is 2.68. The predicted molar refractivity (Wildman–Crippen MR) is 110 cm³/mol. The molecule has 2 N–H and O–H groups in total. The van der Waals surface area contributed by atoms with E-state index in [2.05, 4.69) is 15.0 Å².